The minimum absolute atomic E-state index is 0.0358. The molecule has 180 valence electrons. The van der Waals surface area contributed by atoms with Crippen LogP contribution < -0.4 is 16.0 Å². The average molecular weight is 505 g/mol. The fourth-order valence-electron chi connectivity index (χ4n) is 3.50. The molecule has 34 heavy (non-hydrogen) atoms. The Morgan fingerprint density at radius 3 is 2.35 bits per heavy atom. The molecule has 3 rings (SSSR count). The first-order valence-electron chi connectivity index (χ1n) is 10.9. The Morgan fingerprint density at radius 1 is 1.06 bits per heavy atom. The topological polar surface area (TPSA) is 120 Å². The van der Waals surface area contributed by atoms with Crippen molar-refractivity contribution in [1.29, 1.82) is 0 Å². The zero-order chi connectivity index (χ0) is 24.5. The van der Waals surface area contributed by atoms with Crippen molar-refractivity contribution in [2.75, 3.05) is 19.6 Å². The second-order valence-corrected chi connectivity index (χ2v) is 8.70. The van der Waals surface area contributed by atoms with Gasteiger partial charge in [0.05, 0.1) is 22.2 Å². The number of ketones is 1. The van der Waals surface area contributed by atoms with Crippen LogP contribution in [0.3, 0.4) is 0 Å². The molecular formula is C24H26Cl2N4O4. The molecule has 0 spiro atoms. The van der Waals surface area contributed by atoms with Crippen LogP contribution in [0.1, 0.15) is 34.3 Å². The number of hydrogen-bond donors (Lipinski definition) is 4. The van der Waals surface area contributed by atoms with E-state index >= 15 is 0 Å². The van der Waals surface area contributed by atoms with Gasteiger partial charge in [-0.1, -0.05) is 53.5 Å². The highest BCUT2D eigenvalue weighted by atomic mass is 35.5. The van der Waals surface area contributed by atoms with Gasteiger partial charge in [0.15, 0.2) is 5.96 Å². The molecule has 2 aromatic rings. The molecule has 0 saturated carbocycles. The third-order valence-electron chi connectivity index (χ3n) is 5.26. The molecule has 1 amide bonds. The summed E-state index contributed by atoms with van der Waals surface area (Å²) in [6.07, 6.45) is 1.55. The van der Waals surface area contributed by atoms with Crippen LogP contribution in [0.5, 0.6) is 0 Å². The van der Waals surface area contributed by atoms with Crippen LogP contribution in [-0.2, 0) is 22.4 Å². The Labute approximate surface area is 207 Å². The first-order valence-corrected chi connectivity index (χ1v) is 11.7. The van der Waals surface area contributed by atoms with Crippen LogP contribution in [0.15, 0.2) is 47.5 Å². The van der Waals surface area contributed by atoms with E-state index < -0.39 is 17.9 Å². The number of carboxylic acid groups (broad SMARTS) is 1. The van der Waals surface area contributed by atoms with E-state index in [1.807, 2.05) is 0 Å². The normalized spacial score (nSPS) is 13.5. The van der Waals surface area contributed by atoms with Crippen LogP contribution in [0.2, 0.25) is 10.0 Å². The lowest BCUT2D eigenvalue weighted by molar-refractivity contribution is -0.139. The van der Waals surface area contributed by atoms with E-state index in [0.29, 0.717) is 31.4 Å². The number of amides is 1. The molecule has 1 atom stereocenters. The number of carboxylic acids is 1. The zero-order valence-corrected chi connectivity index (χ0v) is 20.0. The van der Waals surface area contributed by atoms with E-state index in [1.54, 1.807) is 30.3 Å². The Hall–Kier alpha value is -3.10. The summed E-state index contributed by atoms with van der Waals surface area (Å²) >= 11 is 12.1. The second-order valence-electron chi connectivity index (χ2n) is 7.88. The van der Waals surface area contributed by atoms with Crippen LogP contribution in [0.4, 0.5) is 0 Å². The molecule has 2 aromatic carbocycles. The quantitative estimate of drug-likeness (QED) is 0.349. The Kier molecular flexibility index (Phi) is 9.30. The van der Waals surface area contributed by atoms with Crippen molar-refractivity contribution in [1.82, 2.24) is 16.0 Å². The largest absolute Gasteiger partial charge is 0.480 e. The third kappa shape index (κ3) is 7.46. The monoisotopic (exact) mass is 504 g/mol. The molecule has 0 saturated heterocycles. The minimum Gasteiger partial charge on any atom is -0.480 e. The van der Waals surface area contributed by atoms with Gasteiger partial charge in [0.2, 0.25) is 0 Å². The Morgan fingerprint density at radius 2 is 1.74 bits per heavy atom. The Balaban J connectivity index is 1.49. The number of rotatable bonds is 11. The fourth-order valence-corrected chi connectivity index (χ4v) is 4.07. The van der Waals surface area contributed by atoms with Crippen LogP contribution in [0, 0.1) is 0 Å². The predicted octanol–water partition coefficient (Wildman–Crippen LogP) is 2.86. The molecule has 4 N–H and O–H groups in total. The van der Waals surface area contributed by atoms with Gasteiger partial charge >= 0.3 is 5.97 Å². The maximum atomic E-state index is 12.6. The molecule has 1 heterocycles. The second kappa shape index (κ2) is 12.4. The van der Waals surface area contributed by atoms with Gasteiger partial charge < -0.3 is 21.1 Å². The number of benzene rings is 2. The van der Waals surface area contributed by atoms with E-state index in [-0.39, 0.29) is 27.8 Å². The van der Waals surface area contributed by atoms with Crippen molar-refractivity contribution in [2.45, 2.75) is 31.7 Å². The number of halogens is 2. The molecule has 0 aromatic heterocycles. The first-order chi connectivity index (χ1) is 16.3. The number of hydrogen-bond acceptors (Lipinski definition) is 6. The fraction of sp³-hybridized carbons (Fsp3) is 0.333. The summed E-state index contributed by atoms with van der Waals surface area (Å²) in [5, 5.41) is 18.6. The average Bonchev–Trinajstić information content (AvgIpc) is 3.31. The number of nitrogens with one attached hydrogen (secondary N) is 3. The molecule has 10 heteroatoms. The SMILES string of the molecule is O=C(CCCNC1=NCCN1)Cc1ccc(C[C@H](NC(=O)c2c(Cl)cccc2Cl)C(=O)O)cc1. The lowest BCUT2D eigenvalue weighted by Crippen LogP contribution is -2.42. The van der Waals surface area contributed by atoms with Crippen molar-refractivity contribution in [3.8, 4) is 0 Å². The summed E-state index contributed by atoms with van der Waals surface area (Å²) in [6, 6.07) is 10.6. The highest BCUT2D eigenvalue weighted by Gasteiger charge is 2.23. The number of guanidine groups is 1. The smallest absolute Gasteiger partial charge is 0.326 e. The molecule has 1 aliphatic rings. The number of aliphatic imine (C=N–C) groups is 1. The lowest BCUT2D eigenvalue weighted by atomic mass is 10.0. The van der Waals surface area contributed by atoms with Gasteiger partial charge in [-0.3, -0.25) is 14.6 Å². The van der Waals surface area contributed by atoms with Crippen molar-refractivity contribution in [2.24, 2.45) is 4.99 Å². The van der Waals surface area contributed by atoms with Gasteiger partial charge in [0.25, 0.3) is 5.91 Å². The highest BCUT2D eigenvalue weighted by Crippen LogP contribution is 2.24. The predicted molar refractivity (Wildman–Crippen MR) is 132 cm³/mol. The summed E-state index contributed by atoms with van der Waals surface area (Å²) in [7, 11) is 0. The number of Topliss-reactive ketones (excluding diaryl/α,β-unsaturated/α-hetero) is 1. The maximum Gasteiger partial charge on any atom is 0.326 e. The van der Waals surface area contributed by atoms with E-state index in [9.17, 15) is 19.5 Å². The first kappa shape index (κ1) is 25.5. The summed E-state index contributed by atoms with van der Waals surface area (Å²) in [6.45, 7) is 2.29. The van der Waals surface area contributed by atoms with Gasteiger partial charge in [0, 0.05) is 32.4 Å². The van der Waals surface area contributed by atoms with E-state index in [4.69, 9.17) is 23.2 Å². The zero-order valence-electron chi connectivity index (χ0n) is 18.4. The van der Waals surface area contributed by atoms with Gasteiger partial charge in [-0.2, -0.15) is 0 Å². The van der Waals surface area contributed by atoms with Crippen molar-refractivity contribution >= 4 is 46.8 Å². The molecule has 0 aliphatic carbocycles. The van der Waals surface area contributed by atoms with Gasteiger partial charge in [-0.05, 0) is 29.7 Å². The standard InChI is InChI=1S/C24H26Cl2N4O4/c25-18-4-1-5-19(26)21(18)22(32)30-20(23(33)34)14-16-8-6-15(7-9-16)13-17(31)3-2-10-27-24-28-11-12-29-24/h1,4-9,20H,2-3,10-14H2,(H,30,32)(H,33,34)(H2,27,28,29)/t20-/m0/s1. The molecular weight excluding hydrogens is 479 g/mol. The van der Waals surface area contributed by atoms with Crippen molar-refractivity contribution < 1.29 is 19.5 Å². The molecule has 0 radical (unpaired) electrons. The van der Waals surface area contributed by atoms with E-state index in [1.165, 1.54) is 12.1 Å². The Bertz CT molecular complexity index is 1050. The van der Waals surface area contributed by atoms with Crippen LogP contribution in [-0.4, -0.2) is 54.4 Å². The molecule has 0 bridgehead atoms. The molecule has 0 unspecified atom stereocenters. The van der Waals surface area contributed by atoms with Crippen molar-refractivity contribution in [3.05, 3.63) is 69.2 Å². The summed E-state index contributed by atoms with van der Waals surface area (Å²) in [5.74, 6) is -0.921. The maximum absolute atomic E-state index is 12.6. The summed E-state index contributed by atoms with van der Waals surface area (Å²) in [4.78, 5) is 40.8. The minimum atomic E-state index is -1.18. The lowest BCUT2D eigenvalue weighted by Gasteiger charge is -2.16. The van der Waals surface area contributed by atoms with Crippen LogP contribution >= 0.6 is 23.2 Å². The summed E-state index contributed by atoms with van der Waals surface area (Å²) < 4.78 is 0. The van der Waals surface area contributed by atoms with E-state index in [0.717, 1.165) is 24.6 Å². The number of carbonyl (C=O) groups is 3. The van der Waals surface area contributed by atoms with Gasteiger partial charge in [-0.25, -0.2) is 4.79 Å². The number of nitrogens with zero attached hydrogens (tertiary/aromatic N) is 1. The van der Waals surface area contributed by atoms with Gasteiger partial charge in [-0.15, -0.1) is 0 Å². The highest BCUT2D eigenvalue weighted by molar-refractivity contribution is 6.39. The molecule has 8 nitrogen and oxygen atoms in total. The third-order valence-corrected chi connectivity index (χ3v) is 5.89. The number of aliphatic carboxylic acids is 1. The summed E-state index contributed by atoms with van der Waals surface area (Å²) in [5.41, 5.74) is 1.60. The van der Waals surface area contributed by atoms with Gasteiger partial charge in [0.1, 0.15) is 11.8 Å². The van der Waals surface area contributed by atoms with Crippen LogP contribution in [0.25, 0.3) is 0 Å². The van der Waals surface area contributed by atoms with E-state index in [2.05, 4.69) is 20.9 Å². The molecule has 0 fully saturated rings. The number of carbonyl (C=O) groups excluding carboxylic acids is 2. The molecule has 1 aliphatic heterocycles. The van der Waals surface area contributed by atoms with Crippen molar-refractivity contribution in [3.63, 3.8) is 0 Å².